The zero-order valence-corrected chi connectivity index (χ0v) is 17.8. The van der Waals surface area contributed by atoms with E-state index >= 15 is 0 Å². The highest BCUT2D eigenvalue weighted by molar-refractivity contribution is 7.16. The Morgan fingerprint density at radius 3 is 1.89 bits per heavy atom. The van der Waals surface area contributed by atoms with Crippen molar-refractivity contribution in [2.24, 2.45) is 0 Å². The van der Waals surface area contributed by atoms with E-state index in [0.29, 0.717) is 21.7 Å². The van der Waals surface area contributed by atoms with Gasteiger partial charge >= 0.3 is 5.97 Å². The molecule has 12 heteroatoms. The number of hydrogen-bond acceptors (Lipinski definition) is 12. The smallest absolute Gasteiger partial charge is 0.321 e. The molecule has 0 atom stereocenters. The lowest BCUT2D eigenvalue weighted by Gasteiger charge is -2.11. The fraction of sp³-hybridized carbons (Fsp3) is 0.188. The van der Waals surface area contributed by atoms with E-state index in [1.165, 1.54) is 45.3 Å². The third kappa shape index (κ3) is 4.35. The molecule has 0 amide bonds. The fourth-order valence-corrected chi connectivity index (χ4v) is 4.98. The van der Waals surface area contributed by atoms with Crippen LogP contribution >= 0.6 is 45.3 Å². The van der Waals surface area contributed by atoms with Crippen LogP contribution < -0.4 is 10.6 Å². The maximum Gasteiger partial charge on any atom is 0.321 e. The molecule has 0 saturated carbocycles. The van der Waals surface area contributed by atoms with Crippen molar-refractivity contribution in [1.82, 2.24) is 19.9 Å². The van der Waals surface area contributed by atoms with Crippen LogP contribution in [0.1, 0.15) is 24.2 Å². The zero-order chi connectivity index (χ0) is 19.3. The first-order valence-corrected chi connectivity index (χ1v) is 11.7. The van der Waals surface area contributed by atoms with E-state index < -0.39 is 5.92 Å². The number of nitrogens with zero attached hydrogens (tertiary/aromatic N) is 4. The molecule has 2 N–H and O–H groups in total. The third-order valence-corrected chi connectivity index (χ3v) is 6.38. The van der Waals surface area contributed by atoms with Gasteiger partial charge in [0.25, 0.3) is 0 Å². The van der Waals surface area contributed by atoms with E-state index in [9.17, 15) is 4.79 Å². The highest BCUT2D eigenvalue weighted by atomic mass is 32.1. The van der Waals surface area contributed by atoms with Gasteiger partial charge in [0, 0.05) is 33.9 Å². The van der Waals surface area contributed by atoms with Crippen molar-refractivity contribution < 1.29 is 9.53 Å². The minimum Gasteiger partial charge on any atom is -0.465 e. The van der Waals surface area contributed by atoms with Gasteiger partial charge in [-0.25, -0.2) is 19.9 Å². The Labute approximate surface area is 176 Å². The average Bonchev–Trinajstić information content (AvgIpc) is 3.46. The fourth-order valence-electron chi connectivity index (χ4n) is 2.32. The summed E-state index contributed by atoms with van der Waals surface area (Å²) in [5.41, 5.74) is 1.18. The molecule has 8 nitrogen and oxygen atoms in total. The second kappa shape index (κ2) is 8.73. The van der Waals surface area contributed by atoms with Crippen molar-refractivity contribution in [1.29, 1.82) is 0 Å². The number of thiazole rings is 4. The SMILES string of the molecule is CCOC(=O)C(c1csc(Nc2nccs2)n1)c1csc(Nc2nccs2)n1. The average molecular weight is 451 g/mol. The maximum absolute atomic E-state index is 12.6. The molecule has 0 aliphatic heterocycles. The molecule has 4 rings (SSSR count). The van der Waals surface area contributed by atoms with Gasteiger partial charge in [-0.15, -0.1) is 45.3 Å². The van der Waals surface area contributed by atoms with Gasteiger partial charge in [-0.2, -0.15) is 0 Å². The van der Waals surface area contributed by atoms with Gasteiger partial charge in [-0.1, -0.05) is 0 Å². The number of anilines is 4. The van der Waals surface area contributed by atoms with Crippen LogP contribution in [0, 0.1) is 0 Å². The lowest BCUT2D eigenvalue weighted by atomic mass is 10.0. The Bertz CT molecular complexity index is 953. The first kappa shape index (κ1) is 18.9. The molecule has 0 aliphatic rings. The normalized spacial score (nSPS) is 10.9. The summed E-state index contributed by atoms with van der Waals surface area (Å²) in [6.07, 6.45) is 3.43. The van der Waals surface area contributed by atoms with Gasteiger partial charge < -0.3 is 15.4 Å². The number of rotatable bonds is 8. The van der Waals surface area contributed by atoms with Gasteiger partial charge in [0.2, 0.25) is 0 Å². The van der Waals surface area contributed by atoms with Gasteiger partial charge in [0.1, 0.15) is 5.92 Å². The second-order valence-electron chi connectivity index (χ2n) is 5.26. The Morgan fingerprint density at radius 2 is 1.46 bits per heavy atom. The van der Waals surface area contributed by atoms with Crippen molar-refractivity contribution >= 4 is 71.8 Å². The number of esters is 1. The number of ether oxygens (including phenoxy) is 1. The highest BCUT2D eigenvalue weighted by Crippen LogP contribution is 2.33. The third-order valence-electron chi connectivity index (χ3n) is 3.45. The monoisotopic (exact) mass is 450 g/mol. The van der Waals surface area contributed by atoms with E-state index in [0.717, 1.165) is 10.3 Å². The Kier molecular flexibility index (Phi) is 5.90. The van der Waals surface area contributed by atoms with Gasteiger partial charge in [0.05, 0.1) is 18.0 Å². The molecular formula is C16H14N6O2S4. The zero-order valence-electron chi connectivity index (χ0n) is 14.5. The molecule has 0 radical (unpaired) electrons. The molecular weight excluding hydrogens is 436 g/mol. The van der Waals surface area contributed by atoms with Gasteiger partial charge in [-0.05, 0) is 6.92 Å². The van der Waals surface area contributed by atoms with Crippen LogP contribution in [0.4, 0.5) is 20.5 Å². The van der Waals surface area contributed by atoms with Crippen molar-refractivity contribution in [3.63, 3.8) is 0 Å². The summed E-state index contributed by atoms with van der Waals surface area (Å²) >= 11 is 5.77. The summed E-state index contributed by atoms with van der Waals surface area (Å²) in [7, 11) is 0. The minimum absolute atomic E-state index is 0.290. The Hall–Kier alpha value is -2.41. The molecule has 0 fully saturated rings. The lowest BCUT2D eigenvalue weighted by Crippen LogP contribution is -2.18. The van der Waals surface area contributed by atoms with Crippen molar-refractivity contribution in [3.8, 4) is 0 Å². The van der Waals surface area contributed by atoms with E-state index in [4.69, 9.17) is 4.74 Å². The maximum atomic E-state index is 12.6. The largest absolute Gasteiger partial charge is 0.465 e. The van der Waals surface area contributed by atoms with E-state index in [2.05, 4.69) is 30.6 Å². The standard InChI is InChI=1S/C16H14N6O2S4/c1-2-24-12(23)11(9-7-27-15(19-9)21-13-17-3-5-25-13)10-8-28-16(20-10)22-14-18-4-6-26-14/h3-8,11H,2H2,1H3,(H,17,19,21)(H,18,20,22). The molecule has 4 aromatic heterocycles. The van der Waals surface area contributed by atoms with Gasteiger partial charge in [-0.3, -0.25) is 4.79 Å². The molecule has 28 heavy (non-hydrogen) atoms. The number of carbonyl (C=O) groups excluding carboxylic acids is 1. The van der Waals surface area contributed by atoms with Crippen molar-refractivity contribution in [2.75, 3.05) is 17.2 Å². The topological polar surface area (TPSA) is 102 Å². The number of hydrogen-bond donors (Lipinski definition) is 2. The Balaban J connectivity index is 1.58. The predicted octanol–water partition coefficient (Wildman–Crippen LogP) is 4.69. The summed E-state index contributed by atoms with van der Waals surface area (Å²) in [6.45, 7) is 2.07. The number of aromatic nitrogens is 4. The van der Waals surface area contributed by atoms with E-state index in [1.807, 2.05) is 21.5 Å². The molecule has 4 aromatic rings. The van der Waals surface area contributed by atoms with Crippen LogP contribution in [0.25, 0.3) is 0 Å². The molecule has 144 valence electrons. The highest BCUT2D eigenvalue weighted by Gasteiger charge is 2.29. The van der Waals surface area contributed by atoms with Crippen molar-refractivity contribution in [2.45, 2.75) is 12.8 Å². The van der Waals surface area contributed by atoms with Crippen LogP contribution in [0.2, 0.25) is 0 Å². The van der Waals surface area contributed by atoms with Crippen LogP contribution in [0.15, 0.2) is 33.9 Å². The summed E-state index contributed by atoms with van der Waals surface area (Å²) in [4.78, 5) is 30.1. The van der Waals surface area contributed by atoms with Crippen LogP contribution in [-0.2, 0) is 9.53 Å². The first-order chi connectivity index (χ1) is 13.7. The molecule has 0 saturated heterocycles. The van der Waals surface area contributed by atoms with E-state index in [1.54, 1.807) is 19.3 Å². The summed E-state index contributed by atoms with van der Waals surface area (Å²) in [5.74, 6) is -1.06. The molecule has 0 aliphatic carbocycles. The molecule has 0 bridgehead atoms. The van der Waals surface area contributed by atoms with Crippen LogP contribution in [0.5, 0.6) is 0 Å². The number of carbonyl (C=O) groups is 1. The molecule has 0 aromatic carbocycles. The summed E-state index contributed by atoms with van der Waals surface area (Å²) in [6, 6.07) is 0. The first-order valence-electron chi connectivity index (χ1n) is 8.13. The minimum atomic E-state index is -0.689. The molecule has 0 unspecified atom stereocenters. The predicted molar refractivity (Wildman–Crippen MR) is 113 cm³/mol. The summed E-state index contributed by atoms with van der Waals surface area (Å²) in [5, 5.41) is 16.5. The Morgan fingerprint density at radius 1 is 0.929 bits per heavy atom. The van der Waals surface area contributed by atoms with Crippen LogP contribution in [0.3, 0.4) is 0 Å². The van der Waals surface area contributed by atoms with E-state index in [-0.39, 0.29) is 12.6 Å². The molecule has 0 spiro atoms. The second-order valence-corrected chi connectivity index (χ2v) is 8.77. The number of nitrogens with one attached hydrogen (secondary N) is 2. The van der Waals surface area contributed by atoms with Crippen molar-refractivity contribution in [3.05, 3.63) is 45.3 Å². The molecule has 4 heterocycles. The van der Waals surface area contributed by atoms with Crippen LogP contribution in [-0.4, -0.2) is 32.5 Å². The summed E-state index contributed by atoms with van der Waals surface area (Å²) < 4.78 is 5.27. The van der Waals surface area contributed by atoms with Gasteiger partial charge in [0.15, 0.2) is 20.5 Å². The quantitative estimate of drug-likeness (QED) is 0.373. The lowest BCUT2D eigenvalue weighted by molar-refractivity contribution is -0.144.